The van der Waals surface area contributed by atoms with Crippen LogP contribution in [0.2, 0.25) is 0 Å². The minimum atomic E-state index is -3.96. The van der Waals surface area contributed by atoms with Crippen LogP contribution in [-0.2, 0) is 35.2 Å². The summed E-state index contributed by atoms with van der Waals surface area (Å²) in [5.41, 5.74) is 11.0. The SMILES string of the molecule is Cc1ccc(S(=O)(=O)[N-]C(C(=O)[O-])C(C)C)cc1.NCCCN.[Pd+2]. The first-order chi connectivity index (χ1) is 10.7. The molecule has 1 aromatic carbocycles. The Morgan fingerprint density at radius 2 is 1.62 bits per heavy atom. The van der Waals surface area contributed by atoms with Gasteiger partial charge < -0.3 is 26.1 Å². The predicted molar refractivity (Wildman–Crippen MR) is 88.1 cm³/mol. The molecule has 9 heteroatoms. The Balaban J connectivity index is 0. The van der Waals surface area contributed by atoms with Crippen molar-refractivity contribution >= 4 is 16.0 Å². The van der Waals surface area contributed by atoms with Crippen molar-refractivity contribution in [2.24, 2.45) is 17.4 Å². The van der Waals surface area contributed by atoms with Gasteiger partial charge in [-0.3, -0.25) is 0 Å². The van der Waals surface area contributed by atoms with E-state index in [1.165, 1.54) is 12.1 Å². The molecular formula is C15H25N3O4PdS. The molecule has 24 heavy (non-hydrogen) atoms. The third-order valence-electron chi connectivity index (χ3n) is 2.85. The first kappa shape index (κ1) is 25.4. The normalized spacial score (nSPS) is 11.9. The largest absolute Gasteiger partial charge is 2.00 e. The molecule has 7 nitrogen and oxygen atoms in total. The average molecular weight is 450 g/mol. The van der Waals surface area contributed by atoms with Gasteiger partial charge in [0.05, 0.1) is 0 Å². The fraction of sp³-hybridized carbons (Fsp3) is 0.533. The van der Waals surface area contributed by atoms with E-state index in [1.807, 2.05) is 6.92 Å². The molecule has 1 rings (SSSR count). The van der Waals surface area contributed by atoms with E-state index >= 15 is 0 Å². The second-order valence-corrected chi connectivity index (χ2v) is 6.96. The molecule has 0 aromatic heterocycles. The maximum Gasteiger partial charge on any atom is 2.00 e. The van der Waals surface area contributed by atoms with Crippen molar-refractivity contribution in [3.05, 3.63) is 34.6 Å². The molecule has 0 spiro atoms. The summed E-state index contributed by atoms with van der Waals surface area (Å²) in [6.07, 6.45) is 0.944. The number of benzene rings is 1. The van der Waals surface area contributed by atoms with Gasteiger partial charge in [0.25, 0.3) is 0 Å². The monoisotopic (exact) mass is 449 g/mol. The van der Waals surface area contributed by atoms with E-state index in [0.717, 1.165) is 25.1 Å². The van der Waals surface area contributed by atoms with Gasteiger partial charge >= 0.3 is 20.4 Å². The number of hydrogen-bond acceptors (Lipinski definition) is 6. The second-order valence-electron chi connectivity index (χ2n) is 5.33. The maximum atomic E-state index is 11.9. The number of carboxylic acids is 1. The van der Waals surface area contributed by atoms with Crippen LogP contribution in [0.5, 0.6) is 0 Å². The fourth-order valence-corrected chi connectivity index (χ4v) is 2.71. The van der Waals surface area contributed by atoms with Crippen molar-refractivity contribution in [2.75, 3.05) is 13.1 Å². The van der Waals surface area contributed by atoms with Gasteiger partial charge in [-0.25, -0.2) is 8.42 Å². The van der Waals surface area contributed by atoms with Crippen LogP contribution in [0, 0.1) is 12.8 Å². The molecule has 140 valence electrons. The van der Waals surface area contributed by atoms with Gasteiger partial charge in [0.2, 0.25) is 0 Å². The van der Waals surface area contributed by atoms with Crippen LogP contribution in [-0.4, -0.2) is 33.5 Å². The smallest absolute Gasteiger partial charge is 0.552 e. The molecule has 0 aliphatic carbocycles. The summed E-state index contributed by atoms with van der Waals surface area (Å²) >= 11 is 0. The number of aliphatic carboxylic acids is 1. The number of carbonyl (C=O) groups is 1. The van der Waals surface area contributed by atoms with Crippen molar-refractivity contribution in [2.45, 2.75) is 38.1 Å². The molecule has 0 aliphatic rings. The van der Waals surface area contributed by atoms with Gasteiger partial charge in [-0.1, -0.05) is 43.5 Å². The quantitative estimate of drug-likeness (QED) is 0.566. The van der Waals surface area contributed by atoms with E-state index in [2.05, 4.69) is 4.72 Å². The summed E-state index contributed by atoms with van der Waals surface area (Å²) in [7, 11) is -3.96. The van der Waals surface area contributed by atoms with E-state index in [0.29, 0.717) is 0 Å². The van der Waals surface area contributed by atoms with Gasteiger partial charge in [0.15, 0.2) is 0 Å². The van der Waals surface area contributed by atoms with Crippen molar-refractivity contribution in [1.29, 1.82) is 0 Å². The molecule has 0 saturated carbocycles. The van der Waals surface area contributed by atoms with Crippen LogP contribution >= 0.6 is 0 Å². The third kappa shape index (κ3) is 9.47. The van der Waals surface area contributed by atoms with Crippen LogP contribution in [0.1, 0.15) is 25.8 Å². The minimum Gasteiger partial charge on any atom is -0.552 e. The van der Waals surface area contributed by atoms with Gasteiger partial charge in [-0.2, -0.15) is 0 Å². The first-order valence-electron chi connectivity index (χ1n) is 7.30. The van der Waals surface area contributed by atoms with Crippen molar-refractivity contribution < 1.29 is 38.7 Å². The summed E-state index contributed by atoms with van der Waals surface area (Å²) in [6.45, 7) is 6.42. The van der Waals surface area contributed by atoms with Gasteiger partial charge in [-0.15, -0.1) is 0 Å². The van der Waals surface area contributed by atoms with E-state index in [1.54, 1.807) is 26.0 Å². The molecule has 0 aliphatic heterocycles. The molecule has 0 fully saturated rings. The second kappa shape index (κ2) is 12.5. The Labute approximate surface area is 157 Å². The summed E-state index contributed by atoms with van der Waals surface area (Å²) in [5.74, 6) is -1.93. The summed E-state index contributed by atoms with van der Waals surface area (Å²) in [5, 5.41) is 10.8. The van der Waals surface area contributed by atoms with Gasteiger partial charge in [0, 0.05) is 10.9 Å². The summed E-state index contributed by atoms with van der Waals surface area (Å²) in [6, 6.07) is 4.70. The van der Waals surface area contributed by atoms with E-state index in [-0.39, 0.29) is 25.3 Å². The number of rotatable bonds is 7. The minimum absolute atomic E-state index is 0. The molecule has 0 radical (unpaired) electrons. The van der Waals surface area contributed by atoms with Gasteiger partial charge in [-0.05, 0) is 38.6 Å². The number of nitrogens with zero attached hydrogens (tertiary/aromatic N) is 1. The zero-order valence-electron chi connectivity index (χ0n) is 14.0. The number of carbonyl (C=O) groups excluding carboxylic acids is 1. The Bertz CT molecular complexity index is 575. The number of aryl methyl sites for hydroxylation is 1. The molecule has 0 heterocycles. The molecule has 0 amide bonds. The Morgan fingerprint density at radius 3 is 1.92 bits per heavy atom. The van der Waals surface area contributed by atoms with Crippen molar-refractivity contribution in [3.8, 4) is 0 Å². The number of nitrogens with two attached hydrogens (primary N) is 2. The molecule has 1 unspecified atom stereocenters. The van der Waals surface area contributed by atoms with E-state index in [4.69, 9.17) is 11.5 Å². The zero-order chi connectivity index (χ0) is 18.0. The zero-order valence-corrected chi connectivity index (χ0v) is 16.4. The van der Waals surface area contributed by atoms with Crippen molar-refractivity contribution in [3.63, 3.8) is 0 Å². The summed E-state index contributed by atoms with van der Waals surface area (Å²) in [4.78, 5) is 10.8. The average Bonchev–Trinajstić information content (AvgIpc) is 2.46. The van der Waals surface area contributed by atoms with E-state index in [9.17, 15) is 18.3 Å². The van der Waals surface area contributed by atoms with Crippen LogP contribution in [0.3, 0.4) is 0 Å². The van der Waals surface area contributed by atoms with Crippen LogP contribution in [0.15, 0.2) is 29.2 Å². The molecule has 4 N–H and O–H groups in total. The standard InChI is InChI=1S/C12H16NO4S.C3H10N2.Pd/c1-8(2)11(12(14)15)13-18(16,17)10-6-4-9(3)5-7-10;4-2-1-3-5;/h4-8,11H,1-3H3,(H,14,15);1-5H2;/q-1;;+2/p-1. The fourth-order valence-electron chi connectivity index (χ4n) is 1.48. The molecular weight excluding hydrogens is 425 g/mol. The topological polar surface area (TPSA) is 140 Å². The molecule has 1 aromatic rings. The molecule has 0 saturated heterocycles. The number of carboxylic acid groups (broad SMARTS) is 1. The molecule has 0 bridgehead atoms. The number of hydrogen-bond donors (Lipinski definition) is 2. The Hall–Kier alpha value is -0.818. The van der Waals surface area contributed by atoms with Crippen LogP contribution in [0.4, 0.5) is 0 Å². The Morgan fingerprint density at radius 1 is 1.17 bits per heavy atom. The van der Waals surface area contributed by atoms with Crippen LogP contribution in [0.25, 0.3) is 4.72 Å². The van der Waals surface area contributed by atoms with Crippen molar-refractivity contribution in [1.82, 2.24) is 0 Å². The first-order valence-corrected chi connectivity index (χ1v) is 8.74. The number of sulfonamides is 1. The molecule has 1 atom stereocenters. The van der Waals surface area contributed by atoms with E-state index < -0.39 is 28.0 Å². The predicted octanol–water partition coefficient (Wildman–Crippen LogP) is 0.123. The van der Waals surface area contributed by atoms with Crippen LogP contribution < -0.4 is 16.6 Å². The van der Waals surface area contributed by atoms with Gasteiger partial charge in [0.1, 0.15) is 10.0 Å². The third-order valence-corrected chi connectivity index (χ3v) is 4.22. The summed E-state index contributed by atoms with van der Waals surface area (Å²) < 4.78 is 27.2. The maximum absolute atomic E-state index is 11.9. The Kier molecular flexibility index (Phi) is 13.3.